The van der Waals surface area contributed by atoms with Crippen molar-refractivity contribution in [3.8, 4) is 11.4 Å². The zero-order valence-corrected chi connectivity index (χ0v) is 18.1. The van der Waals surface area contributed by atoms with Crippen molar-refractivity contribution in [2.45, 2.75) is 58.9 Å². The molecule has 1 aliphatic rings. The molecule has 0 aliphatic carbocycles. The standard InChI is InChI=1S/C25H28N4O2/c1-17-10-11-19(15-18(17)2)22(30)12-13-24(31)26-21-8-6-7-20(16-21)25-28-27-23-9-4-3-5-14-29(23)25/h6-8,10-11,15-16H,3-5,9,12-14H2,1-2H3,(H,26,31). The highest BCUT2D eigenvalue weighted by Crippen LogP contribution is 2.25. The van der Waals surface area contributed by atoms with Crippen LogP contribution >= 0.6 is 0 Å². The highest BCUT2D eigenvalue weighted by molar-refractivity contribution is 6.00. The summed E-state index contributed by atoms with van der Waals surface area (Å²) in [6.07, 6.45) is 4.78. The normalized spacial score (nSPS) is 13.4. The minimum atomic E-state index is -0.172. The van der Waals surface area contributed by atoms with Crippen molar-refractivity contribution in [3.05, 3.63) is 65.0 Å². The molecule has 0 unspecified atom stereocenters. The van der Waals surface area contributed by atoms with Crippen molar-refractivity contribution in [1.82, 2.24) is 14.8 Å². The lowest BCUT2D eigenvalue weighted by molar-refractivity contribution is -0.116. The fraction of sp³-hybridized carbons (Fsp3) is 0.360. The highest BCUT2D eigenvalue weighted by Gasteiger charge is 2.16. The van der Waals surface area contributed by atoms with Gasteiger partial charge in [-0.1, -0.05) is 30.7 Å². The Hall–Kier alpha value is -3.28. The Bertz CT molecular complexity index is 1120. The molecule has 0 saturated heterocycles. The van der Waals surface area contributed by atoms with Gasteiger partial charge in [0.1, 0.15) is 5.82 Å². The monoisotopic (exact) mass is 416 g/mol. The molecule has 1 aliphatic heterocycles. The van der Waals surface area contributed by atoms with E-state index >= 15 is 0 Å². The van der Waals surface area contributed by atoms with Gasteiger partial charge in [-0.3, -0.25) is 9.59 Å². The molecule has 6 nitrogen and oxygen atoms in total. The summed E-state index contributed by atoms with van der Waals surface area (Å²) in [5.41, 5.74) is 4.53. The Kier molecular flexibility index (Phi) is 6.26. The summed E-state index contributed by atoms with van der Waals surface area (Å²) < 4.78 is 2.19. The fourth-order valence-corrected chi connectivity index (χ4v) is 3.94. The molecule has 0 bridgehead atoms. The van der Waals surface area contributed by atoms with Crippen LogP contribution in [0, 0.1) is 13.8 Å². The maximum atomic E-state index is 12.4. The number of fused-ring (bicyclic) bond motifs is 1. The quantitative estimate of drug-likeness (QED) is 0.581. The molecule has 0 saturated carbocycles. The molecule has 6 heteroatoms. The fourth-order valence-electron chi connectivity index (χ4n) is 3.94. The zero-order valence-electron chi connectivity index (χ0n) is 18.1. The van der Waals surface area contributed by atoms with Crippen LogP contribution in [-0.2, 0) is 17.8 Å². The van der Waals surface area contributed by atoms with Gasteiger partial charge in [0.25, 0.3) is 0 Å². The summed E-state index contributed by atoms with van der Waals surface area (Å²) in [7, 11) is 0. The average molecular weight is 417 g/mol. The van der Waals surface area contributed by atoms with E-state index in [-0.39, 0.29) is 24.5 Å². The topological polar surface area (TPSA) is 76.9 Å². The number of carbonyl (C=O) groups is 2. The number of Topliss-reactive ketones (excluding diaryl/α,β-unsaturated/α-hetero) is 1. The van der Waals surface area contributed by atoms with E-state index in [9.17, 15) is 9.59 Å². The number of amides is 1. The summed E-state index contributed by atoms with van der Waals surface area (Å²) in [6, 6.07) is 13.3. The van der Waals surface area contributed by atoms with Crippen molar-refractivity contribution in [2.24, 2.45) is 0 Å². The molecule has 2 heterocycles. The smallest absolute Gasteiger partial charge is 0.224 e. The van der Waals surface area contributed by atoms with Gasteiger partial charge in [-0.15, -0.1) is 10.2 Å². The molecule has 3 aromatic rings. The molecule has 31 heavy (non-hydrogen) atoms. The zero-order chi connectivity index (χ0) is 21.8. The average Bonchev–Trinajstić information content (AvgIpc) is 3.02. The van der Waals surface area contributed by atoms with Crippen LogP contribution in [0.4, 0.5) is 5.69 Å². The lowest BCUT2D eigenvalue weighted by atomic mass is 10.0. The molecule has 0 fully saturated rings. The van der Waals surface area contributed by atoms with Gasteiger partial charge in [-0.2, -0.15) is 0 Å². The van der Waals surface area contributed by atoms with Crippen LogP contribution in [0.3, 0.4) is 0 Å². The molecule has 0 radical (unpaired) electrons. The number of carbonyl (C=O) groups excluding carboxylic acids is 2. The number of aromatic nitrogens is 3. The third kappa shape index (κ3) is 4.90. The number of ketones is 1. The number of aryl methyl sites for hydroxylation is 3. The number of rotatable bonds is 6. The van der Waals surface area contributed by atoms with E-state index in [1.165, 1.54) is 6.42 Å². The molecule has 1 aromatic heterocycles. The van der Waals surface area contributed by atoms with E-state index < -0.39 is 0 Å². The molecule has 0 spiro atoms. The van der Waals surface area contributed by atoms with E-state index in [2.05, 4.69) is 20.1 Å². The highest BCUT2D eigenvalue weighted by atomic mass is 16.2. The SMILES string of the molecule is Cc1ccc(C(=O)CCC(=O)Nc2cccc(-c3nnc4n3CCCCC4)c2)cc1C. The van der Waals surface area contributed by atoms with Crippen molar-refractivity contribution in [3.63, 3.8) is 0 Å². The summed E-state index contributed by atoms with van der Waals surface area (Å²) in [4.78, 5) is 24.9. The molecule has 4 rings (SSSR count). The Morgan fingerprint density at radius 2 is 1.84 bits per heavy atom. The van der Waals surface area contributed by atoms with E-state index in [1.54, 1.807) is 0 Å². The van der Waals surface area contributed by atoms with Crippen molar-refractivity contribution < 1.29 is 9.59 Å². The lowest BCUT2D eigenvalue weighted by Gasteiger charge is -2.10. The number of benzene rings is 2. The molecular weight excluding hydrogens is 388 g/mol. The second-order valence-corrected chi connectivity index (χ2v) is 8.25. The maximum Gasteiger partial charge on any atom is 0.224 e. The molecule has 2 aromatic carbocycles. The summed E-state index contributed by atoms with van der Waals surface area (Å²) in [5, 5.41) is 11.7. The number of nitrogens with zero attached hydrogens (tertiary/aromatic N) is 3. The molecular formula is C25H28N4O2. The molecule has 1 amide bonds. The number of hydrogen-bond donors (Lipinski definition) is 1. The summed E-state index contributed by atoms with van der Waals surface area (Å²) in [6.45, 7) is 4.93. The predicted octanol–water partition coefficient (Wildman–Crippen LogP) is 4.89. The second-order valence-electron chi connectivity index (χ2n) is 8.25. The second kappa shape index (κ2) is 9.25. The Morgan fingerprint density at radius 1 is 0.968 bits per heavy atom. The van der Waals surface area contributed by atoms with Gasteiger partial charge < -0.3 is 9.88 Å². The lowest BCUT2D eigenvalue weighted by Crippen LogP contribution is -2.13. The molecule has 1 N–H and O–H groups in total. The Morgan fingerprint density at radius 3 is 2.68 bits per heavy atom. The van der Waals surface area contributed by atoms with E-state index in [1.807, 2.05) is 56.3 Å². The molecule has 160 valence electrons. The first-order chi connectivity index (χ1) is 15.0. The van der Waals surface area contributed by atoms with Gasteiger partial charge >= 0.3 is 0 Å². The van der Waals surface area contributed by atoms with Crippen molar-refractivity contribution in [1.29, 1.82) is 0 Å². The Labute approximate surface area is 182 Å². The van der Waals surface area contributed by atoms with E-state index in [0.717, 1.165) is 54.1 Å². The largest absolute Gasteiger partial charge is 0.326 e. The van der Waals surface area contributed by atoms with Crippen LogP contribution in [0.25, 0.3) is 11.4 Å². The summed E-state index contributed by atoms with van der Waals surface area (Å²) in [5.74, 6) is 1.69. The van der Waals surface area contributed by atoms with Crippen molar-refractivity contribution in [2.75, 3.05) is 5.32 Å². The first-order valence-corrected chi connectivity index (χ1v) is 10.9. The van der Waals surface area contributed by atoms with Crippen LogP contribution in [0.15, 0.2) is 42.5 Å². The number of nitrogens with one attached hydrogen (secondary N) is 1. The van der Waals surface area contributed by atoms with Gasteiger partial charge in [0, 0.05) is 42.6 Å². The van der Waals surface area contributed by atoms with Crippen LogP contribution in [0.2, 0.25) is 0 Å². The van der Waals surface area contributed by atoms with Crippen molar-refractivity contribution >= 4 is 17.4 Å². The van der Waals surface area contributed by atoms with Crippen LogP contribution in [0.5, 0.6) is 0 Å². The molecule has 0 atom stereocenters. The first kappa shape index (κ1) is 21.0. The number of anilines is 1. The summed E-state index contributed by atoms with van der Waals surface area (Å²) >= 11 is 0. The third-order valence-corrected chi connectivity index (χ3v) is 5.92. The van der Waals surface area contributed by atoms with Gasteiger partial charge in [0.05, 0.1) is 0 Å². The van der Waals surface area contributed by atoms with Gasteiger partial charge in [0.15, 0.2) is 11.6 Å². The van der Waals surface area contributed by atoms with Gasteiger partial charge in [-0.25, -0.2) is 0 Å². The third-order valence-electron chi connectivity index (χ3n) is 5.92. The minimum absolute atomic E-state index is 0.0156. The number of hydrogen-bond acceptors (Lipinski definition) is 4. The maximum absolute atomic E-state index is 12.4. The van der Waals surface area contributed by atoms with Crippen LogP contribution in [-0.4, -0.2) is 26.5 Å². The van der Waals surface area contributed by atoms with E-state index in [0.29, 0.717) is 11.3 Å². The van der Waals surface area contributed by atoms with Crippen LogP contribution in [0.1, 0.15) is 59.4 Å². The van der Waals surface area contributed by atoms with Gasteiger partial charge in [-0.05, 0) is 56.0 Å². The van der Waals surface area contributed by atoms with E-state index in [4.69, 9.17) is 0 Å². The van der Waals surface area contributed by atoms with Crippen LogP contribution < -0.4 is 5.32 Å². The Balaban J connectivity index is 1.40. The predicted molar refractivity (Wildman–Crippen MR) is 121 cm³/mol. The van der Waals surface area contributed by atoms with Gasteiger partial charge in [0.2, 0.25) is 5.91 Å². The first-order valence-electron chi connectivity index (χ1n) is 10.9. The minimum Gasteiger partial charge on any atom is -0.326 e.